The average molecular weight is 360 g/mol. The molecule has 0 amide bonds. The van der Waals surface area contributed by atoms with Gasteiger partial charge in [-0.25, -0.2) is 9.59 Å². The Bertz CT molecular complexity index is 739. The van der Waals surface area contributed by atoms with Crippen molar-refractivity contribution in [1.29, 1.82) is 0 Å². The summed E-state index contributed by atoms with van der Waals surface area (Å²) in [5.74, 6) is -2.50. The van der Waals surface area contributed by atoms with Gasteiger partial charge in [-0.1, -0.05) is 0 Å². The van der Waals surface area contributed by atoms with E-state index in [1.807, 2.05) is 0 Å². The van der Waals surface area contributed by atoms with Crippen molar-refractivity contribution in [2.24, 2.45) is 0 Å². The molecule has 1 aliphatic rings. The van der Waals surface area contributed by atoms with Gasteiger partial charge < -0.3 is 14.2 Å². The fourth-order valence-corrected chi connectivity index (χ4v) is 2.90. The first-order valence-corrected chi connectivity index (χ1v) is 7.61. The molecule has 0 fully saturated rings. The second-order valence-corrected chi connectivity index (χ2v) is 6.22. The number of carbonyl (C=O) groups excluding carboxylic acids is 2. The third kappa shape index (κ3) is 3.29. The summed E-state index contributed by atoms with van der Waals surface area (Å²) in [5.41, 5.74) is 0.704. The summed E-state index contributed by atoms with van der Waals surface area (Å²) in [6, 6.07) is 0. The molecule has 1 aliphatic heterocycles. The number of rotatable bonds is 2. The number of alkyl halides is 3. The molecule has 2 rings (SSSR count). The van der Waals surface area contributed by atoms with E-state index in [4.69, 9.17) is 9.47 Å². The van der Waals surface area contributed by atoms with Crippen LogP contribution in [0.4, 0.5) is 13.2 Å². The summed E-state index contributed by atoms with van der Waals surface area (Å²) in [6.07, 6.45) is -4.41. The normalized spacial score (nSPS) is 19.7. The summed E-state index contributed by atoms with van der Waals surface area (Å²) in [6.45, 7) is 6.34. The molecule has 138 valence electrons. The smallest absolute Gasteiger partial charge is 0.475 e. The Morgan fingerprint density at radius 1 is 1.12 bits per heavy atom. The number of benzene rings is 1. The van der Waals surface area contributed by atoms with E-state index in [-0.39, 0.29) is 5.75 Å². The molecule has 1 aromatic carbocycles. The van der Waals surface area contributed by atoms with Crippen LogP contribution in [-0.4, -0.2) is 30.8 Å². The number of ether oxygens (including phenoxy) is 3. The lowest BCUT2D eigenvalue weighted by Gasteiger charge is -2.35. The van der Waals surface area contributed by atoms with E-state index in [9.17, 15) is 22.8 Å². The van der Waals surface area contributed by atoms with E-state index in [0.29, 0.717) is 40.8 Å². The molecule has 1 aromatic rings. The van der Waals surface area contributed by atoms with Crippen molar-refractivity contribution in [3.05, 3.63) is 22.3 Å². The van der Waals surface area contributed by atoms with E-state index in [1.165, 1.54) is 14.0 Å². The summed E-state index contributed by atoms with van der Waals surface area (Å²) < 4.78 is 52.8. The minimum absolute atomic E-state index is 0.121. The molecule has 0 aromatic heterocycles. The average Bonchev–Trinajstić information content (AvgIpc) is 2.54. The van der Waals surface area contributed by atoms with Gasteiger partial charge in [-0.15, -0.1) is 0 Å². The Kier molecular flexibility index (Phi) is 4.76. The Balaban J connectivity index is 2.50. The van der Waals surface area contributed by atoms with Crippen molar-refractivity contribution in [3.63, 3.8) is 0 Å². The van der Waals surface area contributed by atoms with E-state index in [0.717, 1.165) is 0 Å². The van der Waals surface area contributed by atoms with Gasteiger partial charge in [-0.2, -0.15) is 13.2 Å². The zero-order valence-electron chi connectivity index (χ0n) is 14.6. The number of esters is 2. The summed E-state index contributed by atoms with van der Waals surface area (Å²) in [7, 11) is 1.26. The van der Waals surface area contributed by atoms with Gasteiger partial charge >= 0.3 is 18.1 Å². The quantitative estimate of drug-likeness (QED) is 0.598. The van der Waals surface area contributed by atoms with E-state index >= 15 is 0 Å². The van der Waals surface area contributed by atoms with Crippen LogP contribution >= 0.6 is 0 Å². The first kappa shape index (κ1) is 19.1. The molecular formula is C17H19F3O5. The molecule has 5 nitrogen and oxygen atoms in total. The topological polar surface area (TPSA) is 61.8 Å². The molecular weight excluding hydrogens is 341 g/mol. The molecule has 0 aliphatic carbocycles. The van der Waals surface area contributed by atoms with E-state index in [1.54, 1.807) is 20.8 Å². The maximum atomic E-state index is 12.5. The van der Waals surface area contributed by atoms with Gasteiger partial charge in [0.25, 0.3) is 0 Å². The van der Waals surface area contributed by atoms with E-state index < -0.39 is 23.7 Å². The predicted molar refractivity (Wildman–Crippen MR) is 81.7 cm³/mol. The number of fused-ring (bicyclic) bond motifs is 1. The van der Waals surface area contributed by atoms with Crippen LogP contribution < -0.4 is 9.47 Å². The lowest BCUT2D eigenvalue weighted by molar-refractivity contribution is -0.189. The zero-order valence-corrected chi connectivity index (χ0v) is 14.6. The van der Waals surface area contributed by atoms with Crippen LogP contribution in [0.2, 0.25) is 0 Å². The van der Waals surface area contributed by atoms with Gasteiger partial charge in [0.2, 0.25) is 5.60 Å². The lowest BCUT2D eigenvalue weighted by Crippen LogP contribution is -2.45. The van der Waals surface area contributed by atoms with Crippen molar-refractivity contribution in [1.82, 2.24) is 0 Å². The van der Waals surface area contributed by atoms with Gasteiger partial charge in [-0.3, -0.25) is 0 Å². The van der Waals surface area contributed by atoms with Crippen LogP contribution in [0.25, 0.3) is 0 Å². The van der Waals surface area contributed by atoms with Crippen LogP contribution in [0, 0.1) is 20.8 Å². The molecule has 0 saturated heterocycles. The van der Waals surface area contributed by atoms with Crippen molar-refractivity contribution in [2.45, 2.75) is 52.3 Å². The predicted octanol–water partition coefficient (Wildman–Crippen LogP) is 3.34. The van der Waals surface area contributed by atoms with Crippen LogP contribution in [0.15, 0.2) is 0 Å². The van der Waals surface area contributed by atoms with E-state index in [2.05, 4.69) is 4.74 Å². The van der Waals surface area contributed by atoms with Crippen LogP contribution in [0.1, 0.15) is 35.6 Å². The molecule has 0 spiro atoms. The number of hydrogen-bond acceptors (Lipinski definition) is 5. The Morgan fingerprint density at radius 3 is 2.24 bits per heavy atom. The molecule has 1 heterocycles. The maximum absolute atomic E-state index is 12.5. The number of carbonyl (C=O) groups is 2. The molecule has 1 atom stereocenters. The fourth-order valence-electron chi connectivity index (χ4n) is 2.90. The maximum Gasteiger partial charge on any atom is 0.491 e. The molecule has 8 heteroatoms. The SMILES string of the molecule is COC(=O)C1(C)CCc2c(C)c(OC(=O)C(F)(F)F)c(C)c(C)c2O1. The molecule has 0 bridgehead atoms. The van der Waals surface area contributed by atoms with Crippen LogP contribution in [-0.2, 0) is 20.7 Å². The highest BCUT2D eigenvalue weighted by atomic mass is 19.4. The summed E-state index contributed by atoms with van der Waals surface area (Å²) >= 11 is 0. The standard InChI is InChI=1S/C17H19F3O5/c1-8-9(2)13-11(6-7-16(4,25-13)14(21)23-5)10(3)12(8)24-15(22)17(18,19)20/h6-7H2,1-5H3. The molecule has 0 radical (unpaired) electrons. The zero-order chi connectivity index (χ0) is 19.2. The van der Waals surface area contributed by atoms with Crippen molar-refractivity contribution in [2.75, 3.05) is 7.11 Å². The Hall–Kier alpha value is -2.25. The second kappa shape index (κ2) is 6.24. The fraction of sp³-hybridized carbons (Fsp3) is 0.529. The monoisotopic (exact) mass is 360 g/mol. The van der Waals surface area contributed by atoms with Gasteiger partial charge in [0.1, 0.15) is 11.5 Å². The van der Waals surface area contributed by atoms with Crippen molar-refractivity contribution in [3.8, 4) is 11.5 Å². The van der Waals surface area contributed by atoms with Crippen molar-refractivity contribution >= 4 is 11.9 Å². The van der Waals surface area contributed by atoms with Gasteiger partial charge in [0.05, 0.1) is 7.11 Å². The third-order valence-electron chi connectivity index (χ3n) is 4.53. The first-order chi connectivity index (χ1) is 11.4. The Morgan fingerprint density at radius 2 is 1.72 bits per heavy atom. The Labute approximate surface area is 143 Å². The third-order valence-corrected chi connectivity index (χ3v) is 4.53. The molecule has 0 saturated carbocycles. The summed E-state index contributed by atoms with van der Waals surface area (Å²) in [5, 5.41) is 0. The largest absolute Gasteiger partial charge is 0.491 e. The van der Waals surface area contributed by atoms with Gasteiger partial charge in [0, 0.05) is 12.0 Å². The number of hydrogen-bond donors (Lipinski definition) is 0. The highest BCUT2D eigenvalue weighted by Crippen LogP contribution is 2.44. The minimum Gasteiger partial charge on any atom is -0.475 e. The van der Waals surface area contributed by atoms with Gasteiger partial charge in [0.15, 0.2) is 0 Å². The highest BCUT2D eigenvalue weighted by Gasteiger charge is 2.44. The van der Waals surface area contributed by atoms with Crippen LogP contribution in [0.3, 0.4) is 0 Å². The second-order valence-electron chi connectivity index (χ2n) is 6.22. The highest BCUT2D eigenvalue weighted by molar-refractivity contribution is 5.81. The van der Waals surface area contributed by atoms with Crippen molar-refractivity contribution < 1.29 is 37.0 Å². The lowest BCUT2D eigenvalue weighted by atomic mass is 9.87. The number of methoxy groups -OCH3 is 1. The molecule has 25 heavy (non-hydrogen) atoms. The first-order valence-electron chi connectivity index (χ1n) is 7.61. The molecule has 0 N–H and O–H groups in total. The van der Waals surface area contributed by atoms with Gasteiger partial charge in [-0.05, 0) is 50.8 Å². The van der Waals surface area contributed by atoms with Crippen LogP contribution in [0.5, 0.6) is 11.5 Å². The minimum atomic E-state index is -5.08. The number of halogens is 3. The summed E-state index contributed by atoms with van der Waals surface area (Å²) in [4.78, 5) is 23.2. The molecule has 1 unspecified atom stereocenters.